The van der Waals surface area contributed by atoms with Crippen LogP contribution in [0.3, 0.4) is 0 Å². The van der Waals surface area contributed by atoms with E-state index in [2.05, 4.69) is 0 Å². The van der Waals surface area contributed by atoms with E-state index in [1.54, 1.807) is 34.6 Å². The van der Waals surface area contributed by atoms with Crippen molar-refractivity contribution < 1.29 is 37.0 Å². The molecule has 0 bridgehead atoms. The third kappa shape index (κ3) is 8.05. The van der Waals surface area contributed by atoms with Gasteiger partial charge in [-0.1, -0.05) is 0 Å². The van der Waals surface area contributed by atoms with Crippen LogP contribution in [0.1, 0.15) is 34.6 Å². The van der Waals surface area contributed by atoms with Gasteiger partial charge in [-0.25, -0.2) is 4.57 Å². The summed E-state index contributed by atoms with van der Waals surface area (Å²) in [5, 5.41) is 0. The van der Waals surface area contributed by atoms with E-state index in [0.717, 1.165) is 0 Å². The second kappa shape index (κ2) is 7.93. The Kier molecular flexibility index (Phi) is 9.69. The van der Waals surface area contributed by atoms with Crippen LogP contribution in [0.15, 0.2) is 0 Å². The molecular formula is C8H18LiO4P. The fraction of sp³-hybridized carbons (Fsp3) is 0.875. The SMILES string of the molecule is CCOP(=O)(O[C-](C)C)OC(C)C.[Li+]. The van der Waals surface area contributed by atoms with Crippen LogP contribution in [0.4, 0.5) is 0 Å². The fourth-order valence-corrected chi connectivity index (χ4v) is 2.15. The molecule has 0 heterocycles. The fourth-order valence-electron chi connectivity index (χ4n) is 0.718. The van der Waals surface area contributed by atoms with Gasteiger partial charge in [0.2, 0.25) is 0 Å². The molecule has 0 saturated carbocycles. The first-order valence-electron chi connectivity index (χ1n) is 4.32. The number of phosphoric acid groups is 1. The van der Waals surface area contributed by atoms with Crippen LogP contribution in [0, 0.1) is 6.10 Å². The summed E-state index contributed by atoms with van der Waals surface area (Å²) in [5.41, 5.74) is 0. The van der Waals surface area contributed by atoms with Crippen molar-refractivity contribution in [2.75, 3.05) is 6.61 Å². The number of rotatable bonds is 6. The van der Waals surface area contributed by atoms with Gasteiger partial charge in [-0.2, -0.15) is 20.0 Å². The monoisotopic (exact) mass is 216 g/mol. The molecule has 6 heteroatoms. The Morgan fingerprint density at radius 3 is 2.14 bits per heavy atom. The first kappa shape index (κ1) is 17.1. The van der Waals surface area contributed by atoms with E-state index in [4.69, 9.17) is 13.6 Å². The van der Waals surface area contributed by atoms with Gasteiger partial charge in [0.25, 0.3) is 0 Å². The Labute approximate surface area is 98.5 Å². The molecule has 0 fully saturated rings. The van der Waals surface area contributed by atoms with Crippen molar-refractivity contribution in [2.45, 2.75) is 40.7 Å². The van der Waals surface area contributed by atoms with E-state index in [-0.39, 0.29) is 25.0 Å². The number of hydrogen-bond donors (Lipinski definition) is 0. The molecule has 80 valence electrons. The van der Waals surface area contributed by atoms with Gasteiger partial charge in [0, 0.05) is 0 Å². The van der Waals surface area contributed by atoms with Crippen molar-refractivity contribution in [3.8, 4) is 0 Å². The summed E-state index contributed by atoms with van der Waals surface area (Å²) < 4.78 is 26.8. The largest absolute Gasteiger partial charge is 1.00 e. The molecule has 4 nitrogen and oxygen atoms in total. The first-order valence-corrected chi connectivity index (χ1v) is 5.78. The van der Waals surface area contributed by atoms with Crippen molar-refractivity contribution in [3.63, 3.8) is 0 Å². The molecule has 0 amide bonds. The molecule has 0 rings (SSSR count). The summed E-state index contributed by atoms with van der Waals surface area (Å²) in [5.74, 6) is 0. The second-order valence-corrected chi connectivity index (χ2v) is 4.56. The molecule has 0 spiro atoms. The van der Waals surface area contributed by atoms with Crippen molar-refractivity contribution in [2.24, 2.45) is 0 Å². The maximum absolute atomic E-state index is 11.7. The normalized spacial score (nSPS) is 15.4. The summed E-state index contributed by atoms with van der Waals surface area (Å²) in [7, 11) is -3.37. The zero-order valence-electron chi connectivity index (χ0n) is 9.86. The topological polar surface area (TPSA) is 44.8 Å². The van der Waals surface area contributed by atoms with Crippen LogP contribution in [0.2, 0.25) is 0 Å². The molecule has 0 aliphatic heterocycles. The van der Waals surface area contributed by atoms with Gasteiger partial charge in [-0.05, 0) is 20.8 Å². The minimum absolute atomic E-state index is 0. The van der Waals surface area contributed by atoms with Gasteiger partial charge in [-0.15, -0.1) is 0 Å². The predicted molar refractivity (Wildman–Crippen MR) is 51.1 cm³/mol. The van der Waals surface area contributed by atoms with E-state index in [0.29, 0.717) is 12.7 Å². The van der Waals surface area contributed by atoms with Gasteiger partial charge >= 0.3 is 26.7 Å². The van der Waals surface area contributed by atoms with Crippen LogP contribution < -0.4 is 18.9 Å². The van der Waals surface area contributed by atoms with Crippen LogP contribution >= 0.6 is 7.82 Å². The molecule has 0 saturated heterocycles. The molecule has 0 N–H and O–H groups in total. The quantitative estimate of drug-likeness (QED) is 0.360. The standard InChI is InChI=1S/C8H18O4P.Li/c1-6-10-13(9,11-7(2)3)12-8(4)5;/h7H,6H2,1-5H3;/q-1;+1. The van der Waals surface area contributed by atoms with Crippen LogP contribution in [-0.2, 0) is 18.1 Å². The van der Waals surface area contributed by atoms with Crippen molar-refractivity contribution in [1.82, 2.24) is 0 Å². The zero-order chi connectivity index (χ0) is 10.5. The Hall–Kier alpha value is 0.707. The van der Waals surface area contributed by atoms with Gasteiger partial charge in [0.15, 0.2) is 0 Å². The van der Waals surface area contributed by atoms with Gasteiger partial charge < -0.3 is 4.52 Å². The Balaban J connectivity index is 0. The van der Waals surface area contributed by atoms with Gasteiger partial charge in [-0.3, -0.25) is 9.05 Å². The molecule has 1 unspecified atom stereocenters. The van der Waals surface area contributed by atoms with Crippen LogP contribution in [0.25, 0.3) is 0 Å². The zero-order valence-corrected chi connectivity index (χ0v) is 10.8. The Morgan fingerprint density at radius 2 is 1.86 bits per heavy atom. The first-order chi connectivity index (χ1) is 5.89. The summed E-state index contributed by atoms with van der Waals surface area (Å²) in [4.78, 5) is 0. The molecule has 0 aromatic carbocycles. The van der Waals surface area contributed by atoms with E-state index < -0.39 is 7.82 Å². The van der Waals surface area contributed by atoms with E-state index in [1.165, 1.54) is 0 Å². The minimum Gasteiger partial charge on any atom is -0.461 e. The third-order valence-electron chi connectivity index (χ3n) is 0.922. The Bertz CT molecular complexity index is 170. The third-order valence-corrected chi connectivity index (χ3v) is 2.76. The molecule has 0 aromatic rings. The van der Waals surface area contributed by atoms with Crippen LogP contribution in [0.5, 0.6) is 0 Å². The average molecular weight is 216 g/mol. The molecule has 0 aromatic heterocycles. The van der Waals surface area contributed by atoms with Gasteiger partial charge in [0.1, 0.15) is 0 Å². The van der Waals surface area contributed by atoms with E-state index >= 15 is 0 Å². The summed E-state index contributed by atoms with van der Waals surface area (Å²) in [6, 6.07) is 0. The maximum Gasteiger partial charge on any atom is 1.00 e. The molecule has 14 heavy (non-hydrogen) atoms. The second-order valence-electron chi connectivity index (χ2n) is 3.02. The summed E-state index contributed by atoms with van der Waals surface area (Å²) in [6.45, 7) is 9.01. The van der Waals surface area contributed by atoms with Crippen molar-refractivity contribution >= 4 is 7.82 Å². The summed E-state index contributed by atoms with van der Waals surface area (Å²) >= 11 is 0. The van der Waals surface area contributed by atoms with Crippen molar-refractivity contribution in [1.29, 1.82) is 0 Å². The predicted octanol–water partition coefficient (Wildman–Crippen LogP) is 0.148. The Morgan fingerprint density at radius 1 is 1.36 bits per heavy atom. The molecular weight excluding hydrogens is 198 g/mol. The van der Waals surface area contributed by atoms with E-state index in [9.17, 15) is 4.57 Å². The minimum atomic E-state index is -3.37. The molecule has 0 aliphatic carbocycles. The van der Waals surface area contributed by atoms with Crippen LogP contribution in [-0.4, -0.2) is 12.7 Å². The molecule has 0 radical (unpaired) electrons. The average Bonchev–Trinajstić information content (AvgIpc) is 1.81. The van der Waals surface area contributed by atoms with Gasteiger partial charge in [0.05, 0.1) is 12.7 Å². The number of hydrogen-bond acceptors (Lipinski definition) is 4. The van der Waals surface area contributed by atoms with E-state index in [1.807, 2.05) is 0 Å². The smallest absolute Gasteiger partial charge is 0.461 e. The number of phosphoric ester groups is 1. The summed E-state index contributed by atoms with van der Waals surface area (Å²) in [6.07, 6.45) is 0.383. The maximum atomic E-state index is 11.7. The molecule has 1 atom stereocenters. The molecule has 0 aliphatic rings. The van der Waals surface area contributed by atoms with Crippen molar-refractivity contribution in [3.05, 3.63) is 6.10 Å².